The van der Waals surface area contributed by atoms with Crippen LogP contribution in [0.1, 0.15) is 37.0 Å². The number of halogens is 2. The average Bonchev–Trinajstić information content (AvgIpc) is 3.03. The molecule has 236 valence electrons. The van der Waals surface area contributed by atoms with Crippen LogP contribution >= 0.6 is 27.5 Å². The molecule has 0 bridgehead atoms. The number of nitrogens with zero attached hydrogens (tertiary/aromatic N) is 2. The molecule has 0 fully saturated rings. The summed E-state index contributed by atoms with van der Waals surface area (Å²) in [7, 11) is -4.21. The van der Waals surface area contributed by atoms with Crippen molar-refractivity contribution in [3.05, 3.63) is 129 Å². The van der Waals surface area contributed by atoms with Crippen LogP contribution in [-0.2, 0) is 32.6 Å². The maximum atomic E-state index is 14.6. The van der Waals surface area contributed by atoms with E-state index in [4.69, 9.17) is 11.6 Å². The second-order valence-corrected chi connectivity index (χ2v) is 14.1. The highest BCUT2D eigenvalue weighted by Gasteiger charge is 2.35. The Morgan fingerprint density at radius 2 is 1.53 bits per heavy atom. The second kappa shape index (κ2) is 15.6. The number of nitrogens with one attached hydrogen (secondary N) is 1. The molecule has 0 unspecified atom stereocenters. The first-order chi connectivity index (χ1) is 21.5. The molecule has 4 rings (SSSR count). The van der Waals surface area contributed by atoms with Crippen LogP contribution < -0.4 is 9.62 Å². The van der Waals surface area contributed by atoms with Crippen molar-refractivity contribution in [1.29, 1.82) is 0 Å². The summed E-state index contributed by atoms with van der Waals surface area (Å²) < 4.78 is 30.2. The Bertz CT molecular complexity index is 1720. The van der Waals surface area contributed by atoms with E-state index < -0.39 is 28.5 Å². The Hall–Kier alpha value is -3.66. The number of sulfonamides is 1. The third kappa shape index (κ3) is 8.96. The predicted molar refractivity (Wildman–Crippen MR) is 184 cm³/mol. The van der Waals surface area contributed by atoms with E-state index in [1.165, 1.54) is 17.0 Å². The van der Waals surface area contributed by atoms with Crippen LogP contribution in [0.2, 0.25) is 5.02 Å². The summed E-state index contributed by atoms with van der Waals surface area (Å²) in [6, 6.07) is 28.8. The van der Waals surface area contributed by atoms with Gasteiger partial charge in [-0.25, -0.2) is 8.42 Å². The van der Waals surface area contributed by atoms with Crippen molar-refractivity contribution in [3.63, 3.8) is 0 Å². The zero-order chi connectivity index (χ0) is 32.6. The van der Waals surface area contributed by atoms with E-state index in [1.807, 2.05) is 68.4 Å². The number of aryl methyl sites for hydroxylation is 1. The molecule has 0 spiro atoms. The molecule has 4 aromatic rings. The minimum atomic E-state index is -4.21. The highest BCUT2D eigenvalue weighted by molar-refractivity contribution is 9.10. The average molecular weight is 711 g/mol. The third-order valence-electron chi connectivity index (χ3n) is 7.56. The maximum Gasteiger partial charge on any atom is 0.264 e. The molecule has 0 saturated carbocycles. The molecule has 4 aromatic carbocycles. The molecule has 0 aliphatic carbocycles. The molecule has 1 N–H and O–H groups in total. The second-order valence-electron chi connectivity index (χ2n) is 10.9. The largest absolute Gasteiger partial charge is 0.352 e. The number of amides is 2. The molecule has 0 aliphatic heterocycles. The van der Waals surface area contributed by atoms with E-state index in [0.717, 1.165) is 19.9 Å². The van der Waals surface area contributed by atoms with Gasteiger partial charge >= 0.3 is 0 Å². The molecule has 2 amide bonds. The van der Waals surface area contributed by atoms with Crippen molar-refractivity contribution in [2.24, 2.45) is 0 Å². The Kier molecular flexibility index (Phi) is 11.8. The van der Waals surface area contributed by atoms with Gasteiger partial charge in [0.1, 0.15) is 12.6 Å². The summed E-state index contributed by atoms with van der Waals surface area (Å²) in [6.45, 7) is 5.18. The molecule has 0 radical (unpaired) electrons. The van der Waals surface area contributed by atoms with Crippen molar-refractivity contribution in [3.8, 4) is 0 Å². The Morgan fingerprint density at radius 1 is 0.889 bits per heavy atom. The fourth-order valence-corrected chi connectivity index (χ4v) is 7.02. The highest BCUT2D eigenvalue weighted by atomic mass is 79.9. The standard InChI is InChI=1S/C35H37BrClN3O4S/c1-4-26(3)38-35(42)33(21-27-12-7-5-8-13-27)39(23-28-14-11-15-29(36)20-28)34(41)24-40(32-22-30(37)19-18-25(32)2)45(43,44)31-16-9-6-10-17-31/h5-20,22,26,33H,4,21,23-24H2,1-3H3,(H,38,42)/t26-,33+/m1/s1. The van der Waals surface area contributed by atoms with Crippen molar-refractivity contribution >= 4 is 55.1 Å². The van der Waals surface area contributed by atoms with Crippen LogP contribution in [0.5, 0.6) is 0 Å². The lowest BCUT2D eigenvalue weighted by atomic mass is 10.0. The van der Waals surface area contributed by atoms with Crippen LogP contribution in [0.15, 0.2) is 112 Å². The smallest absolute Gasteiger partial charge is 0.264 e. The van der Waals surface area contributed by atoms with Crippen molar-refractivity contribution in [2.45, 2.75) is 57.1 Å². The highest BCUT2D eigenvalue weighted by Crippen LogP contribution is 2.30. The van der Waals surface area contributed by atoms with E-state index in [0.29, 0.717) is 17.0 Å². The van der Waals surface area contributed by atoms with Crippen molar-refractivity contribution in [2.75, 3.05) is 10.8 Å². The van der Waals surface area contributed by atoms with Gasteiger partial charge in [-0.05, 0) is 73.4 Å². The van der Waals surface area contributed by atoms with Gasteiger partial charge in [-0.1, -0.05) is 101 Å². The van der Waals surface area contributed by atoms with Crippen LogP contribution in [0.4, 0.5) is 5.69 Å². The first-order valence-electron chi connectivity index (χ1n) is 14.7. The van der Waals surface area contributed by atoms with Gasteiger partial charge in [-0.2, -0.15) is 0 Å². The number of carbonyl (C=O) groups is 2. The quantitative estimate of drug-likeness (QED) is 0.160. The summed E-state index contributed by atoms with van der Waals surface area (Å²) in [5.41, 5.74) is 2.56. The van der Waals surface area contributed by atoms with E-state index >= 15 is 0 Å². The first-order valence-corrected chi connectivity index (χ1v) is 17.3. The lowest BCUT2D eigenvalue weighted by molar-refractivity contribution is -0.140. The maximum absolute atomic E-state index is 14.6. The number of benzene rings is 4. The summed E-state index contributed by atoms with van der Waals surface area (Å²) in [4.78, 5) is 30.0. The molecule has 0 saturated heterocycles. The summed E-state index contributed by atoms with van der Waals surface area (Å²) >= 11 is 9.85. The molecular formula is C35H37BrClN3O4S. The van der Waals surface area contributed by atoms with Gasteiger partial charge in [0, 0.05) is 28.5 Å². The van der Waals surface area contributed by atoms with E-state index in [2.05, 4.69) is 21.2 Å². The summed E-state index contributed by atoms with van der Waals surface area (Å²) in [5.74, 6) is -0.845. The molecule has 2 atom stereocenters. The normalized spacial score (nSPS) is 12.6. The van der Waals surface area contributed by atoms with Crippen LogP contribution in [0.3, 0.4) is 0 Å². The lowest BCUT2D eigenvalue weighted by Gasteiger charge is -2.34. The van der Waals surface area contributed by atoms with Crippen molar-refractivity contribution < 1.29 is 18.0 Å². The van der Waals surface area contributed by atoms with E-state index in [-0.39, 0.29) is 35.5 Å². The molecule has 0 aromatic heterocycles. The van der Waals surface area contributed by atoms with Gasteiger partial charge in [-0.15, -0.1) is 0 Å². The minimum absolute atomic E-state index is 0.0334. The van der Waals surface area contributed by atoms with E-state index in [1.54, 1.807) is 43.3 Å². The number of hydrogen-bond acceptors (Lipinski definition) is 4. The van der Waals surface area contributed by atoms with Gasteiger partial charge in [0.05, 0.1) is 10.6 Å². The third-order valence-corrected chi connectivity index (χ3v) is 10.1. The predicted octanol–water partition coefficient (Wildman–Crippen LogP) is 7.16. The SMILES string of the molecule is CC[C@@H](C)NC(=O)[C@H](Cc1ccccc1)N(Cc1cccc(Br)c1)C(=O)CN(c1cc(Cl)ccc1C)S(=O)(=O)c1ccccc1. The number of rotatable bonds is 13. The Morgan fingerprint density at radius 3 is 2.18 bits per heavy atom. The molecule has 45 heavy (non-hydrogen) atoms. The van der Waals surface area contributed by atoms with Crippen LogP contribution in [-0.4, -0.2) is 43.8 Å². The number of hydrogen-bond donors (Lipinski definition) is 1. The van der Waals surface area contributed by atoms with Gasteiger partial charge in [0.25, 0.3) is 10.0 Å². The molecular weight excluding hydrogens is 674 g/mol. The zero-order valence-corrected chi connectivity index (χ0v) is 28.6. The number of carbonyl (C=O) groups excluding carboxylic acids is 2. The summed E-state index contributed by atoms with van der Waals surface area (Å²) in [5, 5.41) is 3.38. The molecule has 0 heterocycles. The molecule has 7 nitrogen and oxygen atoms in total. The topological polar surface area (TPSA) is 86.8 Å². The van der Waals surface area contributed by atoms with Gasteiger partial charge in [0.2, 0.25) is 11.8 Å². The lowest BCUT2D eigenvalue weighted by Crippen LogP contribution is -2.54. The fraction of sp³-hybridized carbons (Fsp3) is 0.257. The minimum Gasteiger partial charge on any atom is -0.352 e. The number of anilines is 1. The fourth-order valence-electron chi connectivity index (χ4n) is 4.91. The summed E-state index contributed by atoms with van der Waals surface area (Å²) in [6.07, 6.45) is 0.949. The van der Waals surface area contributed by atoms with Gasteiger partial charge in [-0.3, -0.25) is 13.9 Å². The Labute approximate surface area is 279 Å². The van der Waals surface area contributed by atoms with Gasteiger partial charge in [0.15, 0.2) is 0 Å². The van der Waals surface area contributed by atoms with Crippen molar-refractivity contribution in [1.82, 2.24) is 10.2 Å². The monoisotopic (exact) mass is 709 g/mol. The first kappa shape index (κ1) is 34.2. The zero-order valence-electron chi connectivity index (χ0n) is 25.5. The van der Waals surface area contributed by atoms with Gasteiger partial charge < -0.3 is 10.2 Å². The van der Waals surface area contributed by atoms with Crippen LogP contribution in [0.25, 0.3) is 0 Å². The molecule has 0 aliphatic rings. The Balaban J connectivity index is 1.83. The van der Waals surface area contributed by atoms with E-state index in [9.17, 15) is 18.0 Å². The molecule has 10 heteroatoms. The van der Waals surface area contributed by atoms with Crippen LogP contribution in [0, 0.1) is 6.92 Å².